The Hall–Kier alpha value is -11.1. The summed E-state index contributed by atoms with van der Waals surface area (Å²) in [7, 11) is 0. The Labute approximate surface area is 526 Å². The van der Waals surface area contributed by atoms with Gasteiger partial charge >= 0.3 is 0 Å². The number of fused-ring (bicyclic) bond motifs is 14. The molecule has 2 nitrogen and oxygen atoms in total. The summed E-state index contributed by atoms with van der Waals surface area (Å²) in [6.07, 6.45) is 0. The lowest BCUT2D eigenvalue weighted by Crippen LogP contribution is -2.16. The standard InChI is InChI=1S/C88H64N2/c1-87(2)82-35-21-19-32-75(82)77-45-40-68(55-84(77)87)89(70-50-62(57-23-9-5-10-24-57)47-63(51-70)58-25-11-6-12-26-58)66-38-43-72-61(49-66)37-42-80-74-44-39-67(54-81(74)73-31-17-18-34-79(73)86(72)80)90(69-41-46-78-76-33-20-22-36-83(76)88(3,4)85(78)56-69)71-52-64(59-27-13-7-14-28-59)48-65(53-71)60-29-15-8-16-30-60/h5-56H,1-4H3. The number of hydrogen-bond donors (Lipinski definition) is 0. The third-order valence-corrected chi connectivity index (χ3v) is 19.7. The van der Waals surface area contributed by atoms with Crippen LogP contribution in [0.4, 0.5) is 34.1 Å². The number of hydrogen-bond acceptors (Lipinski definition) is 2. The molecule has 0 bridgehead atoms. The van der Waals surface area contributed by atoms with E-state index in [-0.39, 0.29) is 10.8 Å². The molecule has 15 aromatic rings. The number of nitrogens with zero attached hydrogens (tertiary/aromatic N) is 2. The molecule has 0 atom stereocenters. The Kier molecular flexibility index (Phi) is 12.3. The van der Waals surface area contributed by atoms with Gasteiger partial charge in [0.25, 0.3) is 0 Å². The van der Waals surface area contributed by atoms with Crippen molar-refractivity contribution in [3.8, 4) is 66.8 Å². The maximum Gasteiger partial charge on any atom is 0.0473 e. The van der Waals surface area contributed by atoms with E-state index in [1.807, 2.05) is 0 Å². The lowest BCUT2D eigenvalue weighted by molar-refractivity contribution is 0.660. The maximum absolute atomic E-state index is 2.50. The first kappa shape index (κ1) is 53.2. The van der Waals surface area contributed by atoms with Crippen molar-refractivity contribution in [2.24, 2.45) is 0 Å². The van der Waals surface area contributed by atoms with Gasteiger partial charge < -0.3 is 9.80 Å². The van der Waals surface area contributed by atoms with Crippen LogP contribution >= 0.6 is 0 Å². The second kappa shape index (κ2) is 20.8. The lowest BCUT2D eigenvalue weighted by atomic mass is 9.82. The van der Waals surface area contributed by atoms with Crippen molar-refractivity contribution in [1.29, 1.82) is 0 Å². The Morgan fingerprint density at radius 1 is 0.200 bits per heavy atom. The quantitative estimate of drug-likeness (QED) is 0.126. The van der Waals surface area contributed by atoms with E-state index in [1.54, 1.807) is 0 Å². The fourth-order valence-corrected chi connectivity index (χ4v) is 15.3. The van der Waals surface area contributed by atoms with Crippen molar-refractivity contribution >= 4 is 77.2 Å². The molecule has 17 rings (SSSR count). The molecule has 15 aromatic carbocycles. The van der Waals surface area contributed by atoms with Gasteiger partial charge in [-0.2, -0.15) is 0 Å². The minimum atomic E-state index is -0.180. The van der Waals surface area contributed by atoms with Gasteiger partial charge in [0.2, 0.25) is 0 Å². The number of anilines is 6. The molecule has 2 aliphatic carbocycles. The zero-order valence-electron chi connectivity index (χ0n) is 50.9. The monoisotopic (exact) mass is 1150 g/mol. The Morgan fingerprint density at radius 2 is 0.533 bits per heavy atom. The fourth-order valence-electron chi connectivity index (χ4n) is 15.3. The van der Waals surface area contributed by atoms with Crippen molar-refractivity contribution in [1.82, 2.24) is 0 Å². The molecule has 0 fully saturated rings. The molecule has 0 N–H and O–H groups in total. The van der Waals surface area contributed by atoms with Crippen LogP contribution in [-0.2, 0) is 10.8 Å². The third kappa shape index (κ3) is 8.62. The van der Waals surface area contributed by atoms with Crippen LogP contribution in [0.1, 0.15) is 49.9 Å². The van der Waals surface area contributed by atoms with E-state index in [9.17, 15) is 0 Å². The summed E-state index contributed by atoms with van der Waals surface area (Å²) in [4.78, 5) is 5.00. The fraction of sp³-hybridized carbons (Fsp3) is 0.0682. The van der Waals surface area contributed by atoms with E-state index < -0.39 is 0 Å². The van der Waals surface area contributed by atoms with E-state index >= 15 is 0 Å². The minimum absolute atomic E-state index is 0.175. The molecule has 0 unspecified atom stereocenters. The van der Waals surface area contributed by atoms with Crippen molar-refractivity contribution < 1.29 is 0 Å². The van der Waals surface area contributed by atoms with E-state index in [1.165, 1.54) is 132 Å². The maximum atomic E-state index is 2.50. The van der Waals surface area contributed by atoms with Gasteiger partial charge in [-0.1, -0.05) is 258 Å². The van der Waals surface area contributed by atoms with Crippen molar-refractivity contribution in [2.45, 2.75) is 38.5 Å². The number of rotatable bonds is 10. The third-order valence-electron chi connectivity index (χ3n) is 19.7. The average molecular weight is 1150 g/mol. The molecule has 2 aliphatic rings. The van der Waals surface area contributed by atoms with E-state index in [4.69, 9.17) is 0 Å². The van der Waals surface area contributed by atoms with E-state index in [0.717, 1.165) is 34.1 Å². The average Bonchev–Trinajstić information content (AvgIpc) is 1.02. The van der Waals surface area contributed by atoms with Crippen LogP contribution < -0.4 is 9.80 Å². The second-order valence-electron chi connectivity index (χ2n) is 25.6. The van der Waals surface area contributed by atoms with E-state index in [2.05, 4.69) is 353 Å². The summed E-state index contributed by atoms with van der Waals surface area (Å²) in [5.41, 5.74) is 26.3. The molecule has 0 saturated carbocycles. The van der Waals surface area contributed by atoms with Crippen LogP contribution in [0.25, 0.3) is 110 Å². The number of benzene rings is 15. The van der Waals surface area contributed by atoms with Gasteiger partial charge in [0.05, 0.1) is 0 Å². The Bertz CT molecular complexity index is 5210. The summed E-state index contributed by atoms with van der Waals surface area (Å²) in [6, 6.07) is 118. The van der Waals surface area contributed by atoms with Crippen LogP contribution in [0.15, 0.2) is 315 Å². The van der Waals surface area contributed by atoms with Crippen molar-refractivity contribution in [3.05, 3.63) is 338 Å². The smallest absolute Gasteiger partial charge is 0.0473 e. The molecular formula is C88H64N2. The predicted octanol–water partition coefficient (Wildman–Crippen LogP) is 24.5. The highest BCUT2D eigenvalue weighted by molar-refractivity contribution is 6.32. The van der Waals surface area contributed by atoms with Gasteiger partial charge in [-0.15, -0.1) is 0 Å². The van der Waals surface area contributed by atoms with Gasteiger partial charge in [0.1, 0.15) is 0 Å². The molecule has 2 heteroatoms. The zero-order valence-corrected chi connectivity index (χ0v) is 50.9. The molecule has 0 saturated heterocycles. The zero-order chi connectivity index (χ0) is 60.2. The highest BCUT2D eigenvalue weighted by atomic mass is 15.1. The van der Waals surface area contributed by atoms with Gasteiger partial charge in [0, 0.05) is 45.0 Å². The summed E-state index contributed by atoms with van der Waals surface area (Å²) in [5.74, 6) is 0. The van der Waals surface area contributed by atoms with Crippen LogP contribution in [0.2, 0.25) is 0 Å². The van der Waals surface area contributed by atoms with Gasteiger partial charge in [-0.3, -0.25) is 0 Å². The van der Waals surface area contributed by atoms with Crippen molar-refractivity contribution in [2.75, 3.05) is 9.80 Å². The van der Waals surface area contributed by atoms with Gasteiger partial charge in [0.15, 0.2) is 0 Å². The van der Waals surface area contributed by atoms with Crippen LogP contribution in [0, 0.1) is 0 Å². The lowest BCUT2D eigenvalue weighted by Gasteiger charge is -2.29. The van der Waals surface area contributed by atoms with Gasteiger partial charge in [-0.05, 0) is 217 Å². The summed E-state index contributed by atoms with van der Waals surface area (Å²) in [5, 5.41) is 9.80. The summed E-state index contributed by atoms with van der Waals surface area (Å²) in [6.45, 7) is 9.51. The van der Waals surface area contributed by atoms with Gasteiger partial charge in [-0.25, -0.2) is 0 Å². The van der Waals surface area contributed by atoms with Crippen LogP contribution in [-0.4, -0.2) is 0 Å². The molecule has 0 radical (unpaired) electrons. The summed E-state index contributed by atoms with van der Waals surface area (Å²) >= 11 is 0. The summed E-state index contributed by atoms with van der Waals surface area (Å²) < 4.78 is 0. The largest absolute Gasteiger partial charge is 0.310 e. The topological polar surface area (TPSA) is 6.48 Å². The predicted molar refractivity (Wildman–Crippen MR) is 383 cm³/mol. The normalized spacial score (nSPS) is 13.3. The van der Waals surface area contributed by atoms with Crippen LogP contribution in [0.5, 0.6) is 0 Å². The molecule has 0 spiro atoms. The SMILES string of the molecule is CC1(C)c2ccccc2-c2ccc(N(c3cc(-c4ccccc4)cc(-c4ccccc4)c3)c3ccc4c(ccc5c6ccc(N(c7cc(-c8ccccc8)cc(-c8ccccc8)c7)c7ccc8c(c7)C(C)(C)c7ccccc7-8)cc6c6ccccc6c45)c3)cc21. The second-order valence-corrected chi connectivity index (χ2v) is 25.6. The molecule has 90 heavy (non-hydrogen) atoms. The van der Waals surface area contributed by atoms with Crippen LogP contribution in [0.3, 0.4) is 0 Å². The molecular weight excluding hydrogens is 1080 g/mol. The van der Waals surface area contributed by atoms with Crippen molar-refractivity contribution in [3.63, 3.8) is 0 Å². The highest BCUT2D eigenvalue weighted by Crippen LogP contribution is 2.54. The molecule has 0 aromatic heterocycles. The molecule has 0 amide bonds. The first-order valence-corrected chi connectivity index (χ1v) is 31.5. The Balaban J connectivity index is 0.857. The minimum Gasteiger partial charge on any atom is -0.310 e. The molecule has 0 aliphatic heterocycles. The first-order valence-electron chi connectivity index (χ1n) is 31.5. The molecule has 0 heterocycles. The Morgan fingerprint density at radius 3 is 1.00 bits per heavy atom. The highest BCUT2D eigenvalue weighted by Gasteiger charge is 2.37. The van der Waals surface area contributed by atoms with E-state index in [0.29, 0.717) is 0 Å². The first-order chi connectivity index (χ1) is 44.1. The molecule has 426 valence electrons.